The van der Waals surface area contributed by atoms with Crippen LogP contribution in [0.1, 0.15) is 36.8 Å². The molecule has 1 aromatic carbocycles. The molecule has 0 amide bonds. The van der Waals surface area contributed by atoms with Gasteiger partial charge in [0.2, 0.25) is 0 Å². The van der Waals surface area contributed by atoms with Crippen molar-refractivity contribution >= 4 is 11.5 Å². The van der Waals surface area contributed by atoms with Gasteiger partial charge in [-0.15, -0.1) is 0 Å². The number of pyridine rings is 1. The zero-order valence-electron chi connectivity index (χ0n) is 15.7. The minimum Gasteiger partial charge on any atom is -0.483 e. The van der Waals surface area contributed by atoms with E-state index in [0.29, 0.717) is 18.7 Å². The highest BCUT2D eigenvalue weighted by Crippen LogP contribution is 2.41. The van der Waals surface area contributed by atoms with Crippen LogP contribution in [0.5, 0.6) is 5.75 Å². The van der Waals surface area contributed by atoms with Crippen molar-refractivity contribution in [2.45, 2.75) is 57.0 Å². The molecule has 3 heterocycles. The summed E-state index contributed by atoms with van der Waals surface area (Å²) in [6.07, 6.45) is -0.651. The van der Waals surface area contributed by atoms with Crippen molar-refractivity contribution in [2.75, 3.05) is 4.90 Å². The first kappa shape index (κ1) is 19.5. The summed E-state index contributed by atoms with van der Waals surface area (Å²) in [5.74, 6) is 0.788. The fourth-order valence-electron chi connectivity index (χ4n) is 4.35. The Morgan fingerprint density at radius 2 is 1.86 bits per heavy atom. The maximum absolute atomic E-state index is 12.8. The molecule has 0 spiro atoms. The minimum absolute atomic E-state index is 0.0517. The van der Waals surface area contributed by atoms with Crippen LogP contribution < -0.4 is 9.64 Å². The van der Waals surface area contributed by atoms with Crippen LogP contribution in [-0.4, -0.2) is 28.1 Å². The van der Waals surface area contributed by atoms with Crippen molar-refractivity contribution < 1.29 is 22.8 Å². The van der Waals surface area contributed by atoms with Gasteiger partial charge in [-0.1, -0.05) is 6.07 Å². The van der Waals surface area contributed by atoms with Gasteiger partial charge in [0, 0.05) is 37.2 Å². The van der Waals surface area contributed by atoms with Gasteiger partial charge in [-0.2, -0.15) is 13.2 Å². The zero-order chi connectivity index (χ0) is 20.8. The average molecular weight is 407 g/mol. The van der Waals surface area contributed by atoms with Crippen LogP contribution in [0.15, 0.2) is 36.5 Å². The van der Waals surface area contributed by atoms with Crippen LogP contribution >= 0.6 is 0 Å². The molecule has 6 nitrogen and oxygen atoms in total. The van der Waals surface area contributed by atoms with Crippen LogP contribution in [0.2, 0.25) is 0 Å². The third-order valence-electron chi connectivity index (χ3n) is 5.63. The Kier molecular flexibility index (Phi) is 4.84. The number of ether oxygens (including phenoxy) is 1. The highest BCUT2D eigenvalue weighted by molar-refractivity contribution is 5.49. The molecule has 0 N–H and O–H groups in total. The lowest BCUT2D eigenvalue weighted by Crippen LogP contribution is -2.46. The lowest BCUT2D eigenvalue weighted by atomic mass is 9.99. The van der Waals surface area contributed by atoms with Crippen molar-refractivity contribution in [3.05, 3.63) is 57.8 Å². The van der Waals surface area contributed by atoms with E-state index in [9.17, 15) is 23.3 Å². The Morgan fingerprint density at radius 1 is 1.17 bits per heavy atom. The number of benzene rings is 1. The van der Waals surface area contributed by atoms with E-state index in [1.165, 1.54) is 12.1 Å². The minimum atomic E-state index is -4.41. The summed E-state index contributed by atoms with van der Waals surface area (Å²) in [5.41, 5.74) is -0.0324. The third kappa shape index (κ3) is 3.86. The van der Waals surface area contributed by atoms with Crippen molar-refractivity contribution in [2.24, 2.45) is 0 Å². The molecule has 9 heteroatoms. The van der Waals surface area contributed by atoms with E-state index in [0.717, 1.165) is 30.7 Å². The largest absolute Gasteiger partial charge is 0.483 e. The topological polar surface area (TPSA) is 68.5 Å². The van der Waals surface area contributed by atoms with Crippen LogP contribution in [0, 0.1) is 17.0 Å². The van der Waals surface area contributed by atoms with E-state index in [-0.39, 0.29) is 29.6 Å². The quantitative estimate of drug-likeness (QED) is 0.533. The monoisotopic (exact) mass is 407 g/mol. The lowest BCUT2D eigenvalue weighted by Gasteiger charge is -2.39. The van der Waals surface area contributed by atoms with Crippen molar-refractivity contribution in [3.8, 4) is 5.75 Å². The van der Waals surface area contributed by atoms with Crippen LogP contribution in [0.25, 0.3) is 0 Å². The summed E-state index contributed by atoms with van der Waals surface area (Å²) in [6, 6.07) is 7.54. The van der Waals surface area contributed by atoms with Crippen LogP contribution in [0.3, 0.4) is 0 Å². The Labute approximate surface area is 165 Å². The fourth-order valence-corrected chi connectivity index (χ4v) is 4.35. The number of fused-ring (bicyclic) bond motifs is 2. The van der Waals surface area contributed by atoms with Gasteiger partial charge in [0.05, 0.1) is 10.5 Å². The molecule has 154 valence electrons. The number of halogens is 3. The average Bonchev–Trinajstić information content (AvgIpc) is 2.93. The second-order valence-electron chi connectivity index (χ2n) is 7.63. The first-order valence-corrected chi connectivity index (χ1v) is 9.45. The Morgan fingerprint density at radius 3 is 2.41 bits per heavy atom. The van der Waals surface area contributed by atoms with Gasteiger partial charge in [0.15, 0.2) is 5.75 Å². The molecule has 0 aliphatic carbocycles. The molecule has 1 aromatic heterocycles. The standard InChI is InChI=1S/C20H20F3N3O3/c1-12-2-6-18(17(8-12)26(27)28)29-16-9-14-4-5-15(10-16)25(14)19-7-3-13(11-24-19)20(21,22)23/h2-3,6-8,11,14-16H,4-5,9-10H2,1H3/t14-,15+,16?. The van der Waals surface area contributed by atoms with Gasteiger partial charge in [-0.05, 0) is 43.5 Å². The van der Waals surface area contributed by atoms with E-state index in [1.807, 2.05) is 0 Å². The number of hydrogen-bond donors (Lipinski definition) is 0. The van der Waals surface area contributed by atoms with Gasteiger partial charge in [-0.25, -0.2) is 4.98 Å². The van der Waals surface area contributed by atoms with E-state index >= 15 is 0 Å². The maximum atomic E-state index is 12.8. The number of piperidine rings is 1. The second-order valence-corrected chi connectivity index (χ2v) is 7.63. The Hall–Kier alpha value is -2.84. The molecule has 0 radical (unpaired) electrons. The highest BCUT2D eigenvalue weighted by Gasteiger charge is 2.43. The number of alkyl halides is 3. The van der Waals surface area contributed by atoms with Gasteiger partial charge >= 0.3 is 11.9 Å². The number of nitro groups is 1. The van der Waals surface area contributed by atoms with Gasteiger partial charge in [0.25, 0.3) is 0 Å². The van der Waals surface area contributed by atoms with Crippen molar-refractivity contribution in [1.82, 2.24) is 4.98 Å². The normalized spacial score (nSPS) is 23.9. The second kappa shape index (κ2) is 7.20. The summed E-state index contributed by atoms with van der Waals surface area (Å²) in [4.78, 5) is 17.0. The predicted octanol–water partition coefficient (Wildman–Crippen LogP) is 4.90. The van der Waals surface area contributed by atoms with Crippen molar-refractivity contribution in [3.63, 3.8) is 0 Å². The molecule has 2 bridgehead atoms. The number of rotatable bonds is 4. The summed E-state index contributed by atoms with van der Waals surface area (Å²) in [5, 5.41) is 11.3. The van der Waals surface area contributed by atoms with E-state index in [2.05, 4.69) is 9.88 Å². The number of aromatic nitrogens is 1. The third-order valence-corrected chi connectivity index (χ3v) is 5.63. The molecule has 2 aliphatic rings. The molecule has 1 unspecified atom stereocenters. The number of aryl methyl sites for hydroxylation is 1. The van der Waals surface area contributed by atoms with Gasteiger partial charge in [0.1, 0.15) is 11.9 Å². The molecule has 0 saturated carbocycles. The molecule has 3 atom stereocenters. The molecule has 2 fully saturated rings. The van der Waals surface area contributed by atoms with Crippen LogP contribution in [-0.2, 0) is 6.18 Å². The van der Waals surface area contributed by atoms with Crippen molar-refractivity contribution in [1.29, 1.82) is 0 Å². The number of hydrogen-bond acceptors (Lipinski definition) is 5. The summed E-state index contributed by atoms with van der Waals surface area (Å²) in [6.45, 7) is 1.78. The Bertz CT molecular complexity index is 903. The first-order valence-electron chi connectivity index (χ1n) is 9.45. The number of nitrogens with zero attached hydrogens (tertiary/aromatic N) is 3. The first-order chi connectivity index (χ1) is 13.7. The van der Waals surface area contributed by atoms with Gasteiger partial charge in [-0.3, -0.25) is 10.1 Å². The SMILES string of the molecule is Cc1ccc(OC2C[C@H]3CC[C@@H](C2)N3c2ccc(C(F)(F)F)cn2)c([N+](=O)[O-])c1. The number of nitro benzene ring substituents is 1. The molecule has 4 rings (SSSR count). The molecular formula is C20H20F3N3O3. The zero-order valence-corrected chi connectivity index (χ0v) is 15.7. The molecule has 2 aliphatic heterocycles. The summed E-state index contributed by atoms with van der Waals surface area (Å²) < 4.78 is 44.3. The maximum Gasteiger partial charge on any atom is 0.417 e. The van der Waals surface area contributed by atoms with E-state index in [4.69, 9.17) is 4.74 Å². The summed E-state index contributed by atoms with van der Waals surface area (Å²) >= 11 is 0. The van der Waals surface area contributed by atoms with Crippen LogP contribution in [0.4, 0.5) is 24.7 Å². The smallest absolute Gasteiger partial charge is 0.417 e. The molecule has 2 saturated heterocycles. The highest BCUT2D eigenvalue weighted by atomic mass is 19.4. The van der Waals surface area contributed by atoms with E-state index in [1.54, 1.807) is 19.1 Å². The molecular weight excluding hydrogens is 387 g/mol. The molecule has 2 aromatic rings. The summed E-state index contributed by atoms with van der Waals surface area (Å²) in [7, 11) is 0. The number of anilines is 1. The fraction of sp³-hybridized carbons (Fsp3) is 0.450. The van der Waals surface area contributed by atoms with Gasteiger partial charge < -0.3 is 9.64 Å². The predicted molar refractivity (Wildman–Crippen MR) is 100 cm³/mol. The Balaban J connectivity index is 1.49. The van der Waals surface area contributed by atoms with E-state index < -0.39 is 16.7 Å². The molecule has 29 heavy (non-hydrogen) atoms. The lowest BCUT2D eigenvalue weighted by molar-refractivity contribution is -0.386.